The van der Waals surface area contributed by atoms with E-state index in [0.29, 0.717) is 16.3 Å². The first-order valence-electron chi connectivity index (χ1n) is 6.14. The molecule has 0 spiro atoms. The van der Waals surface area contributed by atoms with E-state index >= 15 is 0 Å². The van der Waals surface area contributed by atoms with Gasteiger partial charge in [-0.05, 0) is 29.5 Å². The van der Waals surface area contributed by atoms with E-state index in [0.717, 1.165) is 5.56 Å². The number of hydrogen-bond donors (Lipinski definition) is 2. The minimum atomic E-state index is -3.67. The zero-order valence-corrected chi connectivity index (χ0v) is 13.3. The molecule has 0 aliphatic rings. The van der Waals surface area contributed by atoms with Crippen molar-refractivity contribution in [1.82, 2.24) is 9.71 Å². The van der Waals surface area contributed by atoms with Crippen molar-refractivity contribution in [3.8, 4) is 5.88 Å². The fourth-order valence-electron chi connectivity index (χ4n) is 1.88. The number of thiophene rings is 1. The molecule has 2 aromatic rings. The standard InChI is InChI=1S/C13H16N2O4S2/c1-9-8-20-11(7-16)13(9)21(17,18)15-6-10-3-4-14-12(5-10)19-2/h3-5,8,15-16H,6-7H2,1-2H3. The fraction of sp³-hybridized carbons (Fsp3) is 0.308. The van der Waals surface area contributed by atoms with Gasteiger partial charge >= 0.3 is 0 Å². The van der Waals surface area contributed by atoms with Gasteiger partial charge in [0.15, 0.2) is 0 Å². The van der Waals surface area contributed by atoms with Gasteiger partial charge in [-0.25, -0.2) is 18.1 Å². The monoisotopic (exact) mass is 328 g/mol. The summed E-state index contributed by atoms with van der Waals surface area (Å²) in [5.41, 5.74) is 1.37. The second-order valence-corrected chi connectivity index (χ2v) is 7.03. The van der Waals surface area contributed by atoms with Crippen LogP contribution in [0.25, 0.3) is 0 Å². The molecule has 0 saturated carbocycles. The molecular formula is C13H16N2O4S2. The Kier molecular flexibility index (Phi) is 4.94. The first kappa shape index (κ1) is 15.9. The van der Waals surface area contributed by atoms with E-state index in [1.54, 1.807) is 30.6 Å². The molecule has 0 saturated heterocycles. The molecule has 0 fully saturated rings. The third kappa shape index (κ3) is 3.59. The second-order valence-electron chi connectivity index (χ2n) is 4.36. The second kappa shape index (κ2) is 6.52. The van der Waals surface area contributed by atoms with Gasteiger partial charge in [-0.15, -0.1) is 11.3 Å². The topological polar surface area (TPSA) is 88.5 Å². The van der Waals surface area contributed by atoms with Crippen molar-refractivity contribution in [1.29, 1.82) is 0 Å². The van der Waals surface area contributed by atoms with E-state index in [4.69, 9.17) is 4.74 Å². The van der Waals surface area contributed by atoms with Gasteiger partial charge in [-0.3, -0.25) is 0 Å². The Morgan fingerprint density at radius 1 is 1.48 bits per heavy atom. The molecule has 0 aromatic carbocycles. The molecular weight excluding hydrogens is 312 g/mol. The van der Waals surface area contributed by atoms with E-state index in [9.17, 15) is 13.5 Å². The average molecular weight is 328 g/mol. The lowest BCUT2D eigenvalue weighted by Crippen LogP contribution is -2.24. The van der Waals surface area contributed by atoms with Crippen molar-refractivity contribution in [2.75, 3.05) is 7.11 Å². The van der Waals surface area contributed by atoms with E-state index in [1.165, 1.54) is 18.4 Å². The summed E-state index contributed by atoms with van der Waals surface area (Å²) in [5.74, 6) is 0.425. The van der Waals surface area contributed by atoms with Gasteiger partial charge in [-0.1, -0.05) is 0 Å². The number of aliphatic hydroxyl groups is 1. The van der Waals surface area contributed by atoms with Crippen molar-refractivity contribution >= 4 is 21.4 Å². The van der Waals surface area contributed by atoms with Crippen molar-refractivity contribution in [3.63, 3.8) is 0 Å². The summed E-state index contributed by atoms with van der Waals surface area (Å²) in [4.78, 5) is 4.56. The Morgan fingerprint density at radius 3 is 2.90 bits per heavy atom. The SMILES string of the molecule is COc1cc(CNS(=O)(=O)c2c(C)csc2CO)ccn1. The highest BCUT2D eigenvalue weighted by Crippen LogP contribution is 2.26. The van der Waals surface area contributed by atoms with Gasteiger partial charge in [0.05, 0.1) is 18.6 Å². The maximum Gasteiger partial charge on any atom is 0.242 e. The lowest BCUT2D eigenvalue weighted by atomic mass is 10.3. The van der Waals surface area contributed by atoms with Crippen LogP contribution in [-0.2, 0) is 23.2 Å². The third-order valence-corrected chi connectivity index (χ3v) is 5.72. The van der Waals surface area contributed by atoms with Crippen LogP contribution >= 0.6 is 11.3 Å². The number of pyridine rings is 1. The number of rotatable bonds is 6. The van der Waals surface area contributed by atoms with Crippen LogP contribution in [0.15, 0.2) is 28.6 Å². The van der Waals surface area contributed by atoms with Gasteiger partial charge in [0.2, 0.25) is 15.9 Å². The normalized spacial score (nSPS) is 11.6. The molecule has 2 rings (SSSR count). The van der Waals surface area contributed by atoms with Gasteiger partial charge in [0.25, 0.3) is 0 Å². The number of nitrogens with one attached hydrogen (secondary N) is 1. The summed E-state index contributed by atoms with van der Waals surface area (Å²) in [6, 6.07) is 3.37. The Morgan fingerprint density at radius 2 is 2.24 bits per heavy atom. The van der Waals surface area contributed by atoms with Gasteiger partial charge in [0, 0.05) is 18.8 Å². The zero-order valence-electron chi connectivity index (χ0n) is 11.7. The largest absolute Gasteiger partial charge is 0.481 e. The smallest absolute Gasteiger partial charge is 0.242 e. The van der Waals surface area contributed by atoms with Crippen LogP contribution in [-0.4, -0.2) is 25.6 Å². The molecule has 0 amide bonds. The molecule has 2 N–H and O–H groups in total. The average Bonchev–Trinajstić information content (AvgIpc) is 2.87. The van der Waals surface area contributed by atoms with Crippen LogP contribution in [0, 0.1) is 6.92 Å². The third-order valence-electron chi connectivity index (χ3n) is 2.88. The fourth-order valence-corrected chi connectivity index (χ4v) is 4.56. The molecule has 0 unspecified atom stereocenters. The molecule has 0 atom stereocenters. The molecule has 2 aromatic heterocycles. The maximum atomic E-state index is 12.4. The van der Waals surface area contributed by atoms with Crippen LogP contribution in [0.5, 0.6) is 5.88 Å². The summed E-state index contributed by atoms with van der Waals surface area (Å²) in [5, 5.41) is 11.0. The van der Waals surface area contributed by atoms with Crippen molar-refractivity contribution in [2.24, 2.45) is 0 Å². The molecule has 0 aliphatic carbocycles. The molecule has 21 heavy (non-hydrogen) atoms. The van der Waals surface area contributed by atoms with Gasteiger partial charge in [0.1, 0.15) is 4.90 Å². The number of aliphatic hydroxyl groups excluding tert-OH is 1. The first-order valence-corrected chi connectivity index (χ1v) is 8.50. The molecule has 6 nitrogen and oxygen atoms in total. The number of ether oxygens (including phenoxy) is 1. The van der Waals surface area contributed by atoms with Crippen molar-refractivity contribution in [2.45, 2.75) is 25.0 Å². The van der Waals surface area contributed by atoms with Gasteiger partial charge in [-0.2, -0.15) is 0 Å². The maximum absolute atomic E-state index is 12.4. The van der Waals surface area contributed by atoms with E-state index in [2.05, 4.69) is 9.71 Å². The molecule has 114 valence electrons. The Bertz CT molecular complexity index is 726. The Balaban J connectivity index is 2.19. The van der Waals surface area contributed by atoms with Crippen LogP contribution in [0.2, 0.25) is 0 Å². The molecule has 0 aliphatic heterocycles. The number of aromatic nitrogens is 1. The predicted molar refractivity (Wildman–Crippen MR) is 79.8 cm³/mol. The highest BCUT2D eigenvalue weighted by atomic mass is 32.2. The van der Waals surface area contributed by atoms with Crippen LogP contribution in [0.3, 0.4) is 0 Å². The lowest BCUT2D eigenvalue weighted by molar-refractivity contribution is 0.282. The molecule has 0 radical (unpaired) electrons. The quantitative estimate of drug-likeness (QED) is 0.837. The Hall–Kier alpha value is -1.48. The van der Waals surface area contributed by atoms with Crippen LogP contribution in [0.4, 0.5) is 0 Å². The number of sulfonamides is 1. The highest BCUT2D eigenvalue weighted by Gasteiger charge is 2.22. The van der Waals surface area contributed by atoms with Crippen molar-refractivity contribution in [3.05, 3.63) is 39.7 Å². The summed E-state index contributed by atoms with van der Waals surface area (Å²) in [6.45, 7) is 1.54. The minimum absolute atomic E-state index is 0.126. The lowest BCUT2D eigenvalue weighted by Gasteiger charge is -2.09. The van der Waals surface area contributed by atoms with Crippen molar-refractivity contribution < 1.29 is 18.3 Å². The molecule has 2 heterocycles. The zero-order chi connectivity index (χ0) is 15.5. The van der Waals surface area contributed by atoms with Crippen LogP contribution < -0.4 is 9.46 Å². The number of methoxy groups -OCH3 is 1. The number of aryl methyl sites for hydroxylation is 1. The number of hydrogen-bond acceptors (Lipinski definition) is 6. The predicted octanol–water partition coefficient (Wildman–Crippen LogP) is 1.43. The first-order chi connectivity index (χ1) is 9.97. The van der Waals surface area contributed by atoms with E-state index in [-0.39, 0.29) is 18.0 Å². The summed E-state index contributed by atoms with van der Waals surface area (Å²) in [7, 11) is -2.17. The molecule has 0 bridgehead atoms. The highest BCUT2D eigenvalue weighted by molar-refractivity contribution is 7.89. The minimum Gasteiger partial charge on any atom is -0.481 e. The summed E-state index contributed by atoms with van der Waals surface area (Å²) < 4.78 is 32.2. The van der Waals surface area contributed by atoms with E-state index in [1.807, 2.05) is 0 Å². The molecule has 8 heteroatoms. The van der Waals surface area contributed by atoms with E-state index < -0.39 is 10.0 Å². The number of nitrogens with zero attached hydrogens (tertiary/aromatic N) is 1. The summed E-state index contributed by atoms with van der Waals surface area (Å²) in [6.07, 6.45) is 1.55. The van der Waals surface area contributed by atoms with Gasteiger partial charge < -0.3 is 9.84 Å². The summed E-state index contributed by atoms with van der Waals surface area (Å²) >= 11 is 1.23. The van der Waals surface area contributed by atoms with Crippen LogP contribution in [0.1, 0.15) is 16.0 Å². The Labute approximate surface area is 127 Å².